The van der Waals surface area contributed by atoms with Crippen LogP contribution in [0.4, 0.5) is 5.69 Å². The number of aryl methyl sites for hydroxylation is 1. The molecule has 1 aromatic heterocycles. The molecule has 5 nitrogen and oxygen atoms in total. The minimum absolute atomic E-state index is 0.225. The van der Waals surface area contributed by atoms with E-state index in [1.807, 2.05) is 42.5 Å². The Hall–Kier alpha value is -3.73. The molecule has 0 atom stereocenters. The number of rotatable bonds is 4. The van der Waals surface area contributed by atoms with Gasteiger partial charge in [0, 0.05) is 18.1 Å². The first-order valence-corrected chi connectivity index (χ1v) is 9.03. The molecule has 1 amide bonds. The molecule has 0 unspecified atom stereocenters. The Labute approximate surface area is 162 Å². The Morgan fingerprint density at radius 3 is 2.32 bits per heavy atom. The maximum Gasteiger partial charge on any atom is 0.276 e. The van der Waals surface area contributed by atoms with Crippen molar-refractivity contribution in [3.05, 3.63) is 106 Å². The van der Waals surface area contributed by atoms with E-state index in [1.54, 1.807) is 31.3 Å². The van der Waals surface area contributed by atoms with E-state index in [-0.39, 0.29) is 17.2 Å². The Morgan fingerprint density at radius 1 is 0.893 bits per heavy atom. The number of anilines is 1. The predicted octanol–water partition coefficient (Wildman–Crippen LogP) is 3.78. The third-order valence-electron chi connectivity index (χ3n) is 4.67. The molecule has 0 radical (unpaired) electrons. The van der Waals surface area contributed by atoms with Crippen molar-refractivity contribution in [2.75, 3.05) is 5.32 Å². The minimum atomic E-state index is -0.340. The lowest BCUT2D eigenvalue weighted by molar-refractivity contribution is 0.102. The summed E-state index contributed by atoms with van der Waals surface area (Å²) in [6.45, 7) is 0. The Balaban J connectivity index is 1.70. The van der Waals surface area contributed by atoms with Crippen LogP contribution in [0.2, 0.25) is 0 Å². The number of amides is 1. The van der Waals surface area contributed by atoms with Gasteiger partial charge in [0.15, 0.2) is 5.69 Å². The maximum atomic E-state index is 13.0. The molecular weight excluding hydrogens is 350 g/mol. The fourth-order valence-corrected chi connectivity index (χ4v) is 3.26. The Kier molecular flexibility index (Phi) is 4.72. The van der Waals surface area contributed by atoms with Gasteiger partial charge in [-0.25, -0.2) is 4.68 Å². The second kappa shape index (κ2) is 7.48. The monoisotopic (exact) mass is 369 g/mol. The summed E-state index contributed by atoms with van der Waals surface area (Å²) in [4.78, 5) is 25.3. The summed E-state index contributed by atoms with van der Waals surface area (Å²) in [5, 5.41) is 8.19. The van der Waals surface area contributed by atoms with Crippen LogP contribution in [0.5, 0.6) is 0 Å². The quantitative estimate of drug-likeness (QED) is 0.595. The van der Waals surface area contributed by atoms with Crippen molar-refractivity contribution in [3.8, 4) is 0 Å². The highest BCUT2D eigenvalue weighted by atomic mass is 16.2. The van der Waals surface area contributed by atoms with E-state index in [2.05, 4.69) is 22.5 Å². The van der Waals surface area contributed by atoms with Crippen molar-refractivity contribution in [3.63, 3.8) is 0 Å². The van der Waals surface area contributed by atoms with Crippen molar-refractivity contribution >= 4 is 22.4 Å². The lowest BCUT2D eigenvalue weighted by atomic mass is 10.0. The van der Waals surface area contributed by atoms with Gasteiger partial charge >= 0.3 is 0 Å². The molecule has 0 aliphatic rings. The van der Waals surface area contributed by atoms with E-state index in [4.69, 9.17) is 0 Å². The van der Waals surface area contributed by atoms with Gasteiger partial charge in [0.2, 0.25) is 0 Å². The van der Waals surface area contributed by atoms with Crippen LogP contribution in [-0.2, 0) is 13.5 Å². The third kappa shape index (κ3) is 3.42. The molecule has 0 saturated heterocycles. The van der Waals surface area contributed by atoms with Gasteiger partial charge in [0.25, 0.3) is 11.5 Å². The Morgan fingerprint density at radius 2 is 1.54 bits per heavy atom. The number of hydrogen-bond acceptors (Lipinski definition) is 3. The zero-order valence-electron chi connectivity index (χ0n) is 15.4. The zero-order chi connectivity index (χ0) is 19.5. The molecule has 0 fully saturated rings. The molecule has 1 N–H and O–H groups in total. The van der Waals surface area contributed by atoms with E-state index < -0.39 is 0 Å². The van der Waals surface area contributed by atoms with Crippen LogP contribution in [0, 0.1) is 0 Å². The summed E-state index contributed by atoms with van der Waals surface area (Å²) in [5.74, 6) is -0.340. The third-order valence-corrected chi connectivity index (χ3v) is 4.67. The van der Waals surface area contributed by atoms with E-state index in [0.29, 0.717) is 17.2 Å². The van der Waals surface area contributed by atoms with Gasteiger partial charge < -0.3 is 5.32 Å². The lowest BCUT2D eigenvalue weighted by Crippen LogP contribution is -2.25. The maximum absolute atomic E-state index is 13.0. The molecule has 1 heterocycles. The van der Waals surface area contributed by atoms with Gasteiger partial charge in [-0.15, -0.1) is 0 Å². The van der Waals surface area contributed by atoms with Crippen LogP contribution in [0.1, 0.15) is 21.6 Å². The summed E-state index contributed by atoms with van der Waals surface area (Å²) in [5.41, 5.74) is 2.91. The number of carbonyl (C=O) groups is 1. The topological polar surface area (TPSA) is 64.0 Å². The SMILES string of the molecule is Cn1nc(C(=O)Nc2ccccc2Cc2ccccc2)c2ccccc2c1=O. The lowest BCUT2D eigenvalue weighted by Gasteiger charge is -2.12. The Bertz CT molecular complexity index is 1210. The van der Waals surface area contributed by atoms with E-state index >= 15 is 0 Å². The standard InChI is InChI=1S/C23H19N3O2/c1-26-23(28)19-13-7-6-12-18(19)21(25-26)22(27)24-20-14-8-5-11-17(20)15-16-9-3-2-4-10-16/h2-14H,15H2,1H3,(H,24,27). The molecule has 28 heavy (non-hydrogen) atoms. The van der Waals surface area contributed by atoms with E-state index in [0.717, 1.165) is 16.8 Å². The molecule has 0 aliphatic heterocycles. The van der Waals surface area contributed by atoms with Crippen LogP contribution >= 0.6 is 0 Å². The molecule has 0 spiro atoms. The number of benzene rings is 3. The average molecular weight is 369 g/mol. The number of fused-ring (bicyclic) bond motifs is 1. The fourth-order valence-electron chi connectivity index (χ4n) is 3.26. The van der Waals surface area contributed by atoms with Gasteiger partial charge in [-0.1, -0.05) is 66.7 Å². The fraction of sp³-hybridized carbons (Fsp3) is 0.0870. The number of para-hydroxylation sites is 1. The van der Waals surface area contributed by atoms with E-state index in [1.165, 1.54) is 4.68 Å². The van der Waals surface area contributed by atoms with Gasteiger partial charge in [0.05, 0.1) is 5.39 Å². The molecule has 3 aromatic carbocycles. The van der Waals surface area contributed by atoms with Crippen molar-refractivity contribution in [2.24, 2.45) is 7.05 Å². The minimum Gasteiger partial charge on any atom is -0.320 e. The van der Waals surface area contributed by atoms with Crippen LogP contribution in [0.25, 0.3) is 10.8 Å². The van der Waals surface area contributed by atoms with Crippen molar-refractivity contribution in [2.45, 2.75) is 6.42 Å². The smallest absolute Gasteiger partial charge is 0.276 e. The van der Waals surface area contributed by atoms with E-state index in [9.17, 15) is 9.59 Å². The number of hydrogen-bond donors (Lipinski definition) is 1. The summed E-state index contributed by atoms with van der Waals surface area (Å²) < 4.78 is 1.20. The van der Waals surface area contributed by atoms with Gasteiger partial charge in [-0.2, -0.15) is 5.10 Å². The molecule has 4 aromatic rings. The van der Waals surface area contributed by atoms with Crippen molar-refractivity contribution in [1.82, 2.24) is 9.78 Å². The molecule has 0 saturated carbocycles. The van der Waals surface area contributed by atoms with Crippen molar-refractivity contribution in [1.29, 1.82) is 0 Å². The predicted molar refractivity (Wildman–Crippen MR) is 111 cm³/mol. The number of aromatic nitrogens is 2. The largest absolute Gasteiger partial charge is 0.320 e. The van der Waals surface area contributed by atoms with Gasteiger partial charge in [-0.3, -0.25) is 9.59 Å². The normalized spacial score (nSPS) is 10.8. The first-order valence-electron chi connectivity index (χ1n) is 9.03. The van der Waals surface area contributed by atoms with Crippen LogP contribution < -0.4 is 10.9 Å². The van der Waals surface area contributed by atoms with Gasteiger partial charge in [0.1, 0.15) is 0 Å². The molecule has 4 rings (SSSR count). The molecule has 0 aliphatic carbocycles. The highest BCUT2D eigenvalue weighted by molar-refractivity contribution is 6.11. The second-order valence-electron chi connectivity index (χ2n) is 6.60. The number of nitrogens with one attached hydrogen (secondary N) is 1. The first-order chi connectivity index (χ1) is 13.6. The number of carbonyl (C=O) groups excluding carboxylic acids is 1. The summed E-state index contributed by atoms with van der Waals surface area (Å²) in [6.07, 6.45) is 0.707. The van der Waals surface area contributed by atoms with Crippen LogP contribution in [0.15, 0.2) is 83.7 Å². The second-order valence-corrected chi connectivity index (χ2v) is 6.60. The summed E-state index contributed by atoms with van der Waals surface area (Å²) in [7, 11) is 1.55. The molecular formula is C23H19N3O2. The zero-order valence-corrected chi connectivity index (χ0v) is 15.4. The first kappa shape index (κ1) is 17.7. The summed E-state index contributed by atoms with van der Waals surface area (Å²) in [6, 6.07) is 24.8. The van der Waals surface area contributed by atoms with Crippen molar-refractivity contribution < 1.29 is 4.79 Å². The number of nitrogens with zero attached hydrogens (tertiary/aromatic N) is 2. The van der Waals surface area contributed by atoms with Gasteiger partial charge in [-0.05, 0) is 29.7 Å². The van der Waals surface area contributed by atoms with Crippen LogP contribution in [-0.4, -0.2) is 15.7 Å². The highest BCUT2D eigenvalue weighted by Gasteiger charge is 2.16. The molecule has 138 valence electrons. The molecule has 0 bridgehead atoms. The average Bonchev–Trinajstić information content (AvgIpc) is 2.73. The highest BCUT2D eigenvalue weighted by Crippen LogP contribution is 2.21. The molecule has 5 heteroatoms. The summed E-state index contributed by atoms with van der Waals surface area (Å²) >= 11 is 0. The van der Waals surface area contributed by atoms with Crippen LogP contribution in [0.3, 0.4) is 0 Å².